The summed E-state index contributed by atoms with van der Waals surface area (Å²) in [6.07, 6.45) is 0. The van der Waals surface area contributed by atoms with Crippen LogP contribution in [0, 0.1) is 0 Å². The minimum Gasteiger partial charge on any atom is -0.368 e. The van der Waals surface area contributed by atoms with Gasteiger partial charge in [-0.05, 0) is 43.3 Å². The number of hydrogen-bond donors (Lipinski definition) is 3. The fourth-order valence-corrected chi connectivity index (χ4v) is 3.42. The van der Waals surface area contributed by atoms with E-state index in [2.05, 4.69) is 20.9 Å². The zero-order chi connectivity index (χ0) is 20.8. The first-order chi connectivity index (χ1) is 14.0. The van der Waals surface area contributed by atoms with E-state index < -0.39 is 6.03 Å². The first-order valence-corrected chi connectivity index (χ1v) is 10.1. The molecule has 0 radical (unpaired) electrons. The molecule has 4 amide bonds. The first kappa shape index (κ1) is 21.1. The summed E-state index contributed by atoms with van der Waals surface area (Å²) in [4.78, 5) is 28.1. The summed E-state index contributed by atoms with van der Waals surface area (Å²) in [7, 11) is 0. The van der Waals surface area contributed by atoms with Crippen LogP contribution in [-0.2, 0) is 0 Å². The van der Waals surface area contributed by atoms with Gasteiger partial charge in [0.2, 0.25) is 0 Å². The number of rotatable bonds is 4. The van der Waals surface area contributed by atoms with Gasteiger partial charge in [0.1, 0.15) is 0 Å². The summed E-state index contributed by atoms with van der Waals surface area (Å²) in [5.41, 5.74) is 2.15. The van der Waals surface area contributed by atoms with E-state index in [1.54, 1.807) is 18.2 Å². The highest BCUT2D eigenvalue weighted by Crippen LogP contribution is 2.29. The topological polar surface area (TPSA) is 76.7 Å². The van der Waals surface area contributed by atoms with Crippen molar-refractivity contribution >= 4 is 52.3 Å². The average Bonchev–Trinajstić information content (AvgIpc) is 2.72. The molecule has 2 aromatic rings. The van der Waals surface area contributed by atoms with Crippen molar-refractivity contribution in [3.8, 4) is 0 Å². The Morgan fingerprint density at radius 1 is 0.966 bits per heavy atom. The molecule has 0 spiro atoms. The number of hydrogen-bond acceptors (Lipinski definition) is 3. The van der Waals surface area contributed by atoms with Gasteiger partial charge in [-0.15, -0.1) is 0 Å². The summed E-state index contributed by atoms with van der Waals surface area (Å²) in [5.74, 6) is 0. The minimum atomic E-state index is -0.405. The van der Waals surface area contributed by atoms with E-state index in [0.29, 0.717) is 41.1 Å². The van der Waals surface area contributed by atoms with E-state index in [1.165, 1.54) is 0 Å². The highest BCUT2D eigenvalue weighted by atomic mass is 35.5. The normalized spacial score (nSPS) is 13.8. The Bertz CT molecular complexity index is 868. The molecule has 29 heavy (non-hydrogen) atoms. The number of piperazine rings is 1. The molecule has 0 aliphatic carbocycles. The van der Waals surface area contributed by atoms with Gasteiger partial charge in [-0.2, -0.15) is 0 Å². The molecule has 0 atom stereocenters. The molecular formula is C20H23Cl2N5O2. The zero-order valence-electron chi connectivity index (χ0n) is 16.0. The van der Waals surface area contributed by atoms with Gasteiger partial charge >= 0.3 is 12.1 Å². The third-order valence-electron chi connectivity index (χ3n) is 4.59. The van der Waals surface area contributed by atoms with Crippen molar-refractivity contribution in [3.63, 3.8) is 0 Å². The van der Waals surface area contributed by atoms with E-state index in [-0.39, 0.29) is 6.03 Å². The van der Waals surface area contributed by atoms with Crippen LogP contribution in [0.1, 0.15) is 6.92 Å². The summed E-state index contributed by atoms with van der Waals surface area (Å²) < 4.78 is 0. The third kappa shape index (κ3) is 5.46. The Hall–Kier alpha value is -2.64. The molecule has 7 nitrogen and oxygen atoms in total. The fourth-order valence-electron chi connectivity index (χ4n) is 3.07. The Balaban J connectivity index is 1.53. The molecule has 9 heteroatoms. The van der Waals surface area contributed by atoms with E-state index in [1.807, 2.05) is 36.1 Å². The number of halogens is 2. The van der Waals surface area contributed by atoms with Crippen LogP contribution >= 0.6 is 23.2 Å². The summed E-state index contributed by atoms with van der Waals surface area (Å²) in [5, 5.41) is 8.95. The molecule has 0 bridgehead atoms. The highest BCUT2D eigenvalue weighted by molar-refractivity contribution is 6.44. The Kier molecular flexibility index (Phi) is 7.06. The molecule has 1 fully saturated rings. The Morgan fingerprint density at radius 2 is 1.66 bits per heavy atom. The number of anilines is 3. The number of benzene rings is 2. The minimum absolute atomic E-state index is 0.0162. The Labute approximate surface area is 180 Å². The lowest BCUT2D eigenvalue weighted by Crippen LogP contribution is -2.51. The van der Waals surface area contributed by atoms with E-state index in [4.69, 9.17) is 23.2 Å². The number of urea groups is 2. The summed E-state index contributed by atoms with van der Waals surface area (Å²) in [6, 6.07) is 12.2. The molecule has 3 rings (SSSR count). The van der Waals surface area contributed by atoms with Crippen LogP contribution in [-0.4, -0.2) is 49.7 Å². The van der Waals surface area contributed by atoms with Gasteiger partial charge < -0.3 is 25.8 Å². The van der Waals surface area contributed by atoms with Crippen molar-refractivity contribution < 1.29 is 9.59 Å². The average molecular weight is 436 g/mol. The van der Waals surface area contributed by atoms with Gasteiger partial charge in [-0.25, -0.2) is 9.59 Å². The van der Waals surface area contributed by atoms with Gasteiger partial charge in [0.15, 0.2) is 0 Å². The van der Waals surface area contributed by atoms with Crippen LogP contribution in [0.5, 0.6) is 0 Å². The second-order valence-electron chi connectivity index (χ2n) is 6.54. The van der Waals surface area contributed by atoms with Gasteiger partial charge in [0.05, 0.1) is 15.7 Å². The molecule has 0 aromatic heterocycles. The molecular weight excluding hydrogens is 413 g/mol. The maximum absolute atomic E-state index is 12.2. The van der Waals surface area contributed by atoms with Crippen molar-refractivity contribution in [2.45, 2.75) is 6.92 Å². The zero-order valence-corrected chi connectivity index (χ0v) is 17.6. The summed E-state index contributed by atoms with van der Waals surface area (Å²) >= 11 is 12.0. The number of nitrogens with zero attached hydrogens (tertiary/aromatic N) is 2. The smallest absolute Gasteiger partial charge is 0.323 e. The van der Waals surface area contributed by atoms with Crippen LogP contribution in [0.25, 0.3) is 0 Å². The van der Waals surface area contributed by atoms with Crippen molar-refractivity contribution in [2.24, 2.45) is 0 Å². The quantitative estimate of drug-likeness (QED) is 0.661. The third-order valence-corrected chi connectivity index (χ3v) is 5.40. The number of amides is 4. The number of nitrogens with one attached hydrogen (secondary N) is 3. The first-order valence-electron chi connectivity index (χ1n) is 9.37. The molecule has 1 aliphatic heterocycles. The Morgan fingerprint density at radius 3 is 2.31 bits per heavy atom. The van der Waals surface area contributed by atoms with E-state index in [0.717, 1.165) is 18.8 Å². The molecule has 154 valence electrons. The van der Waals surface area contributed by atoms with Gasteiger partial charge in [-0.3, -0.25) is 0 Å². The molecule has 1 saturated heterocycles. The highest BCUT2D eigenvalue weighted by Gasteiger charge is 2.20. The number of carbonyl (C=O) groups excluding carboxylic acids is 2. The SMILES string of the molecule is CCNC(=O)N1CCN(c2ccc(NC(=O)Nc3cccc(Cl)c3Cl)cc2)CC1. The summed E-state index contributed by atoms with van der Waals surface area (Å²) in [6.45, 7) is 5.41. The van der Waals surface area contributed by atoms with Gasteiger partial charge in [0, 0.05) is 44.1 Å². The van der Waals surface area contributed by atoms with Crippen LogP contribution < -0.4 is 20.9 Å². The van der Waals surface area contributed by atoms with Crippen molar-refractivity contribution in [2.75, 3.05) is 48.3 Å². The predicted octanol–water partition coefficient (Wildman–Crippen LogP) is 4.49. The maximum Gasteiger partial charge on any atom is 0.323 e. The van der Waals surface area contributed by atoms with Gasteiger partial charge in [-0.1, -0.05) is 29.3 Å². The van der Waals surface area contributed by atoms with Crippen LogP contribution in [0.4, 0.5) is 26.7 Å². The molecule has 1 heterocycles. The molecule has 2 aromatic carbocycles. The second-order valence-corrected chi connectivity index (χ2v) is 7.32. The largest absolute Gasteiger partial charge is 0.368 e. The van der Waals surface area contributed by atoms with Gasteiger partial charge in [0.25, 0.3) is 0 Å². The predicted molar refractivity (Wildman–Crippen MR) is 118 cm³/mol. The van der Waals surface area contributed by atoms with Crippen molar-refractivity contribution in [1.82, 2.24) is 10.2 Å². The molecule has 0 unspecified atom stereocenters. The van der Waals surface area contributed by atoms with Crippen molar-refractivity contribution in [1.29, 1.82) is 0 Å². The lowest BCUT2D eigenvalue weighted by Gasteiger charge is -2.36. The standard InChI is InChI=1S/C20H23Cl2N5O2/c1-2-23-20(29)27-12-10-26(11-13-27)15-8-6-14(7-9-15)24-19(28)25-17-5-3-4-16(21)18(17)22/h3-9H,2,10-13H2,1H3,(H,23,29)(H2,24,25,28). The monoisotopic (exact) mass is 435 g/mol. The van der Waals surface area contributed by atoms with Crippen LogP contribution in [0.15, 0.2) is 42.5 Å². The molecule has 1 aliphatic rings. The van der Waals surface area contributed by atoms with Crippen LogP contribution in [0.3, 0.4) is 0 Å². The fraction of sp³-hybridized carbons (Fsp3) is 0.300. The lowest BCUT2D eigenvalue weighted by atomic mass is 10.2. The second kappa shape index (κ2) is 9.71. The molecule has 3 N–H and O–H groups in total. The van der Waals surface area contributed by atoms with E-state index in [9.17, 15) is 9.59 Å². The lowest BCUT2D eigenvalue weighted by molar-refractivity contribution is 0.195. The van der Waals surface area contributed by atoms with Crippen LogP contribution in [0.2, 0.25) is 10.0 Å². The molecule has 0 saturated carbocycles. The van der Waals surface area contributed by atoms with Crippen molar-refractivity contribution in [3.05, 3.63) is 52.5 Å². The maximum atomic E-state index is 12.2. The van der Waals surface area contributed by atoms with E-state index >= 15 is 0 Å². The number of carbonyl (C=O) groups is 2.